The third-order valence-corrected chi connectivity index (χ3v) is 4.75. The average molecular weight is 435 g/mol. The minimum Gasteiger partial charge on any atom is -0.468 e. The van der Waals surface area contributed by atoms with Crippen LogP contribution in [0.3, 0.4) is 0 Å². The molecule has 1 aliphatic heterocycles. The van der Waals surface area contributed by atoms with Crippen LogP contribution in [0.25, 0.3) is 6.08 Å². The van der Waals surface area contributed by atoms with Gasteiger partial charge in [0.1, 0.15) is 17.5 Å². The van der Waals surface area contributed by atoms with E-state index in [1.54, 1.807) is 42.5 Å². The van der Waals surface area contributed by atoms with E-state index < -0.39 is 12.0 Å². The third kappa shape index (κ3) is 6.08. The van der Waals surface area contributed by atoms with Crippen LogP contribution in [0.5, 0.6) is 11.5 Å². The number of hydrogen-bond acceptors (Lipinski definition) is 7. The number of halogens is 1. The molecule has 1 saturated heterocycles. The maximum Gasteiger partial charge on any atom is 0.322 e. The van der Waals surface area contributed by atoms with E-state index in [1.807, 2.05) is 12.1 Å². The highest BCUT2D eigenvalue weighted by Crippen LogP contribution is 2.27. The molecule has 2 aromatic rings. The van der Waals surface area contributed by atoms with E-state index in [4.69, 9.17) is 10.5 Å². The zero-order valence-electron chi connectivity index (χ0n) is 15.4. The van der Waals surface area contributed by atoms with Gasteiger partial charge in [-0.25, -0.2) is 0 Å². The first-order valence-corrected chi connectivity index (χ1v) is 9.21. The lowest BCUT2D eigenvalue weighted by molar-refractivity contribution is -0.142. The van der Waals surface area contributed by atoms with Crippen molar-refractivity contribution in [2.75, 3.05) is 7.11 Å². The lowest BCUT2D eigenvalue weighted by Gasteiger charge is -2.10. The number of amides is 2. The molecule has 3 N–H and O–H groups in total. The minimum atomic E-state index is -0.700. The van der Waals surface area contributed by atoms with Crippen molar-refractivity contribution in [3.63, 3.8) is 0 Å². The van der Waals surface area contributed by atoms with Crippen LogP contribution in [0.2, 0.25) is 0 Å². The van der Waals surface area contributed by atoms with Crippen molar-refractivity contribution < 1.29 is 23.9 Å². The third-order valence-electron chi connectivity index (χ3n) is 3.94. The number of methoxy groups -OCH3 is 1. The molecular weight excluding hydrogens is 416 g/mol. The van der Waals surface area contributed by atoms with E-state index in [9.17, 15) is 14.4 Å². The fourth-order valence-corrected chi connectivity index (χ4v) is 3.21. The minimum absolute atomic E-state index is 0. The molecule has 9 heteroatoms. The first-order chi connectivity index (χ1) is 13.4. The van der Waals surface area contributed by atoms with E-state index in [2.05, 4.69) is 10.1 Å². The first kappa shape index (κ1) is 22.5. The average Bonchev–Trinajstić information content (AvgIpc) is 3.01. The quantitative estimate of drug-likeness (QED) is 0.530. The molecule has 0 radical (unpaired) electrons. The molecule has 2 amide bonds. The van der Waals surface area contributed by atoms with Gasteiger partial charge in [0.25, 0.3) is 11.1 Å². The lowest BCUT2D eigenvalue weighted by Crippen LogP contribution is -2.33. The highest BCUT2D eigenvalue weighted by atomic mass is 35.5. The Bertz CT molecular complexity index is 929. The molecule has 1 atom stereocenters. The summed E-state index contributed by atoms with van der Waals surface area (Å²) in [4.78, 5) is 34.5. The fourth-order valence-electron chi connectivity index (χ4n) is 2.52. The zero-order valence-corrected chi connectivity index (χ0v) is 17.0. The van der Waals surface area contributed by atoms with Gasteiger partial charge in [-0.3, -0.25) is 19.7 Å². The molecule has 7 nitrogen and oxygen atoms in total. The number of ether oxygens (including phenoxy) is 2. The number of carbonyl (C=O) groups excluding carboxylic acids is 3. The Hall–Kier alpha value is -2.81. The standard InChI is InChI=1S/C20H18N2O5S.ClH/c1-26-19(24)16(21)10-12-2-6-14(7-3-12)27-15-8-4-13(5-9-15)11-17-18(23)22-20(25)28-17;/h2-9,11,16H,10,21H2,1H3,(H,22,23,25);1H. The summed E-state index contributed by atoms with van der Waals surface area (Å²) < 4.78 is 10.4. The van der Waals surface area contributed by atoms with Crippen LogP contribution in [0.1, 0.15) is 11.1 Å². The van der Waals surface area contributed by atoms with Gasteiger partial charge in [0, 0.05) is 0 Å². The van der Waals surface area contributed by atoms with E-state index in [0.29, 0.717) is 22.8 Å². The topological polar surface area (TPSA) is 108 Å². The molecule has 1 heterocycles. The predicted molar refractivity (Wildman–Crippen MR) is 113 cm³/mol. The van der Waals surface area contributed by atoms with Crippen LogP contribution in [0.15, 0.2) is 53.4 Å². The van der Waals surface area contributed by atoms with Crippen molar-refractivity contribution in [3.05, 3.63) is 64.6 Å². The number of rotatable bonds is 6. The van der Waals surface area contributed by atoms with Crippen LogP contribution in [-0.4, -0.2) is 30.3 Å². The summed E-state index contributed by atoms with van der Waals surface area (Å²) in [5.41, 5.74) is 7.44. The Kier molecular flexibility index (Phi) is 7.83. The molecule has 2 aromatic carbocycles. The Morgan fingerprint density at radius 3 is 2.21 bits per heavy atom. The van der Waals surface area contributed by atoms with Crippen LogP contribution < -0.4 is 15.8 Å². The fraction of sp³-hybridized carbons (Fsp3) is 0.150. The van der Waals surface area contributed by atoms with Gasteiger partial charge < -0.3 is 15.2 Å². The van der Waals surface area contributed by atoms with Gasteiger partial charge in [-0.2, -0.15) is 0 Å². The number of hydrogen-bond donors (Lipinski definition) is 2. The van der Waals surface area contributed by atoms with Crippen molar-refractivity contribution >= 4 is 47.4 Å². The maximum absolute atomic E-state index is 11.6. The summed E-state index contributed by atoms with van der Waals surface area (Å²) in [6.07, 6.45) is 2.03. The second kappa shape index (κ2) is 10.1. The zero-order chi connectivity index (χ0) is 20.1. The summed E-state index contributed by atoms with van der Waals surface area (Å²) in [5, 5.41) is 1.85. The van der Waals surface area contributed by atoms with Crippen molar-refractivity contribution in [1.29, 1.82) is 0 Å². The molecule has 1 fully saturated rings. The Morgan fingerprint density at radius 1 is 1.10 bits per heavy atom. The number of esters is 1. The summed E-state index contributed by atoms with van der Waals surface area (Å²) in [6, 6.07) is 13.7. The molecule has 3 rings (SSSR count). The summed E-state index contributed by atoms with van der Waals surface area (Å²) in [7, 11) is 1.31. The van der Waals surface area contributed by atoms with Crippen LogP contribution in [0, 0.1) is 0 Å². The molecule has 1 unspecified atom stereocenters. The van der Waals surface area contributed by atoms with Gasteiger partial charge >= 0.3 is 5.97 Å². The van der Waals surface area contributed by atoms with Gasteiger partial charge in [-0.1, -0.05) is 24.3 Å². The molecular formula is C20H19ClN2O5S. The van der Waals surface area contributed by atoms with Gasteiger partial charge in [0.05, 0.1) is 12.0 Å². The molecule has 0 saturated carbocycles. The van der Waals surface area contributed by atoms with Crippen molar-refractivity contribution in [1.82, 2.24) is 5.32 Å². The van der Waals surface area contributed by atoms with E-state index in [-0.39, 0.29) is 23.6 Å². The number of nitrogens with one attached hydrogen (secondary N) is 1. The molecule has 152 valence electrons. The molecule has 1 aliphatic rings. The molecule has 0 aliphatic carbocycles. The SMILES string of the molecule is COC(=O)C(N)Cc1ccc(Oc2ccc(C=C3SC(=O)NC3=O)cc2)cc1.Cl. The monoisotopic (exact) mass is 434 g/mol. The largest absolute Gasteiger partial charge is 0.468 e. The van der Waals surface area contributed by atoms with Crippen molar-refractivity contribution in [3.8, 4) is 11.5 Å². The number of benzene rings is 2. The summed E-state index contributed by atoms with van der Waals surface area (Å²) in [6.45, 7) is 0. The Labute approximate surface area is 178 Å². The van der Waals surface area contributed by atoms with Gasteiger partial charge in [0.15, 0.2) is 0 Å². The van der Waals surface area contributed by atoms with Crippen LogP contribution >= 0.6 is 24.2 Å². The first-order valence-electron chi connectivity index (χ1n) is 8.40. The molecule has 0 spiro atoms. The molecule has 0 aromatic heterocycles. The number of thioether (sulfide) groups is 1. The smallest absolute Gasteiger partial charge is 0.322 e. The van der Waals surface area contributed by atoms with E-state index in [1.165, 1.54) is 7.11 Å². The molecule has 29 heavy (non-hydrogen) atoms. The number of imide groups is 1. The summed E-state index contributed by atoms with van der Waals surface area (Å²) in [5.74, 6) is 0.425. The summed E-state index contributed by atoms with van der Waals surface area (Å²) >= 11 is 0.876. The normalized spacial score (nSPS) is 15.4. The number of carbonyl (C=O) groups is 3. The van der Waals surface area contributed by atoms with Gasteiger partial charge in [0.2, 0.25) is 0 Å². The second-order valence-electron chi connectivity index (χ2n) is 6.00. The molecule has 0 bridgehead atoms. The highest BCUT2D eigenvalue weighted by Gasteiger charge is 2.24. The maximum atomic E-state index is 11.6. The van der Waals surface area contributed by atoms with Crippen LogP contribution in [-0.2, 0) is 20.7 Å². The van der Waals surface area contributed by atoms with Crippen molar-refractivity contribution in [2.24, 2.45) is 5.73 Å². The number of nitrogens with two attached hydrogens (primary N) is 1. The second-order valence-corrected chi connectivity index (χ2v) is 7.02. The van der Waals surface area contributed by atoms with Gasteiger partial charge in [-0.15, -0.1) is 12.4 Å². The predicted octanol–water partition coefficient (Wildman–Crippen LogP) is 3.27. The highest BCUT2D eigenvalue weighted by molar-refractivity contribution is 8.18. The van der Waals surface area contributed by atoms with Crippen LogP contribution in [0.4, 0.5) is 4.79 Å². The lowest BCUT2D eigenvalue weighted by atomic mass is 10.1. The van der Waals surface area contributed by atoms with E-state index in [0.717, 1.165) is 22.9 Å². The van der Waals surface area contributed by atoms with Gasteiger partial charge in [-0.05, 0) is 59.7 Å². The van der Waals surface area contributed by atoms with Crippen molar-refractivity contribution in [2.45, 2.75) is 12.5 Å². The Morgan fingerprint density at radius 2 is 1.69 bits per heavy atom. The Balaban J connectivity index is 0.00000300. The van der Waals surface area contributed by atoms with E-state index >= 15 is 0 Å².